The van der Waals surface area contributed by atoms with Crippen LogP contribution in [-0.4, -0.2) is 29.7 Å². The van der Waals surface area contributed by atoms with Crippen molar-refractivity contribution in [3.8, 4) is 0 Å². The third-order valence-electron chi connectivity index (χ3n) is 5.87. The van der Waals surface area contributed by atoms with Crippen molar-refractivity contribution in [1.29, 1.82) is 0 Å². The lowest BCUT2D eigenvalue weighted by molar-refractivity contribution is 0.0750. The number of hydrogen-bond donors (Lipinski definition) is 1. The molecule has 2 aliphatic heterocycles. The van der Waals surface area contributed by atoms with E-state index < -0.39 is 0 Å². The summed E-state index contributed by atoms with van der Waals surface area (Å²) in [5.74, 6) is -0.108. The lowest BCUT2D eigenvalue weighted by atomic mass is 10.0. The van der Waals surface area contributed by atoms with Crippen LogP contribution < -0.4 is 5.43 Å². The van der Waals surface area contributed by atoms with Crippen LogP contribution in [0.1, 0.15) is 46.3 Å². The highest BCUT2D eigenvalue weighted by Crippen LogP contribution is 2.42. The van der Waals surface area contributed by atoms with Crippen molar-refractivity contribution in [2.75, 3.05) is 13.1 Å². The zero-order valence-corrected chi connectivity index (χ0v) is 20.5. The number of nitrogens with zero attached hydrogens (tertiary/aromatic N) is 2. The number of nitrogens with one attached hydrogen (secondary N) is 1. The number of amides is 1. The van der Waals surface area contributed by atoms with Gasteiger partial charge < -0.3 is 0 Å². The summed E-state index contributed by atoms with van der Waals surface area (Å²) in [5.41, 5.74) is 8.14. The highest BCUT2D eigenvalue weighted by atomic mass is 35.5. The van der Waals surface area contributed by atoms with Gasteiger partial charge in [-0.3, -0.25) is 10.2 Å². The van der Waals surface area contributed by atoms with Gasteiger partial charge in [0, 0.05) is 44.6 Å². The van der Waals surface area contributed by atoms with Gasteiger partial charge in [-0.2, -0.15) is 0 Å². The van der Waals surface area contributed by atoms with Crippen LogP contribution in [0.5, 0.6) is 0 Å². The molecule has 5 rings (SSSR count). The molecule has 168 valence electrons. The Morgan fingerprint density at radius 2 is 1.73 bits per heavy atom. The van der Waals surface area contributed by atoms with Gasteiger partial charge in [0.05, 0.1) is 16.4 Å². The highest BCUT2D eigenvalue weighted by molar-refractivity contribution is 7.99. The number of carbonyl (C=O) groups is 1. The molecule has 1 N–H and O–H groups in total. The van der Waals surface area contributed by atoms with Gasteiger partial charge in [0.2, 0.25) is 0 Å². The van der Waals surface area contributed by atoms with Gasteiger partial charge in [-0.05, 0) is 67.8 Å². The number of fused-ring (bicyclic) bond motifs is 2. The number of halogens is 2. The summed E-state index contributed by atoms with van der Waals surface area (Å²) in [5, 5.41) is 3.13. The van der Waals surface area contributed by atoms with E-state index in [4.69, 9.17) is 28.2 Å². The number of aryl methyl sites for hydroxylation is 1. The van der Waals surface area contributed by atoms with Crippen molar-refractivity contribution in [2.24, 2.45) is 4.99 Å². The fraction of sp³-hybridized carbons (Fsp3) is 0.231. The Morgan fingerprint density at radius 3 is 2.52 bits per heavy atom. The van der Waals surface area contributed by atoms with Crippen molar-refractivity contribution in [3.05, 3.63) is 86.9 Å². The van der Waals surface area contributed by atoms with Gasteiger partial charge in [0.25, 0.3) is 5.91 Å². The molecule has 0 spiro atoms. The number of hydrogen-bond acceptors (Lipinski definition) is 4. The molecule has 3 aromatic carbocycles. The van der Waals surface area contributed by atoms with E-state index in [-0.39, 0.29) is 5.91 Å². The van der Waals surface area contributed by atoms with Crippen LogP contribution in [0.2, 0.25) is 10.0 Å². The molecule has 3 aromatic rings. The maximum Gasteiger partial charge on any atom is 0.265 e. The minimum absolute atomic E-state index is 0.108. The molecule has 1 saturated heterocycles. The van der Waals surface area contributed by atoms with Crippen molar-refractivity contribution >= 4 is 52.3 Å². The van der Waals surface area contributed by atoms with E-state index in [1.165, 1.54) is 12.0 Å². The van der Waals surface area contributed by atoms with Crippen molar-refractivity contribution in [2.45, 2.75) is 36.0 Å². The molecular weight excluding hydrogens is 473 g/mol. The molecule has 7 heteroatoms. The van der Waals surface area contributed by atoms with E-state index in [1.54, 1.807) is 17.8 Å². The van der Waals surface area contributed by atoms with E-state index in [1.807, 2.05) is 35.3 Å². The molecular formula is C26H23Cl2N3OS. The van der Waals surface area contributed by atoms with Gasteiger partial charge in [-0.15, -0.1) is 0 Å². The largest absolute Gasteiger partial charge is 0.285 e. The summed E-state index contributed by atoms with van der Waals surface area (Å²) < 4.78 is 0. The van der Waals surface area contributed by atoms with Gasteiger partial charge in [-0.1, -0.05) is 53.5 Å². The van der Waals surface area contributed by atoms with Crippen molar-refractivity contribution in [1.82, 2.24) is 10.4 Å². The lowest BCUT2D eigenvalue weighted by Crippen LogP contribution is -2.45. The van der Waals surface area contributed by atoms with Gasteiger partial charge in [0.15, 0.2) is 0 Å². The first kappa shape index (κ1) is 22.5. The standard InChI is InChI=1S/C26H23Cl2N3OS/c1-16-5-8-20-24(13-16)33-23-10-6-17(26(32)30-31-11-3-2-4-12-31)14-22(23)29-25(20)19-9-7-18(27)15-21(19)28/h5-10,13-15H,2-4,11-12H2,1H3,(H,30,32). The number of hydrazine groups is 1. The molecule has 1 fully saturated rings. The molecule has 1 amide bonds. The first-order valence-electron chi connectivity index (χ1n) is 11.0. The van der Waals surface area contributed by atoms with Crippen LogP contribution in [0.4, 0.5) is 5.69 Å². The average Bonchev–Trinajstić information content (AvgIpc) is 2.95. The summed E-state index contributed by atoms with van der Waals surface area (Å²) in [6.45, 7) is 3.85. The monoisotopic (exact) mass is 495 g/mol. The van der Waals surface area contributed by atoms with Crippen LogP contribution in [0, 0.1) is 6.92 Å². The van der Waals surface area contributed by atoms with Crippen LogP contribution in [-0.2, 0) is 0 Å². The van der Waals surface area contributed by atoms with Crippen molar-refractivity contribution in [3.63, 3.8) is 0 Å². The van der Waals surface area contributed by atoms with E-state index in [2.05, 4.69) is 30.5 Å². The fourth-order valence-electron chi connectivity index (χ4n) is 4.14. The number of rotatable bonds is 3. The number of piperidine rings is 1. The quantitative estimate of drug-likeness (QED) is 0.330. The highest BCUT2D eigenvalue weighted by Gasteiger charge is 2.22. The third kappa shape index (κ3) is 4.82. The zero-order chi connectivity index (χ0) is 22.9. The molecule has 0 bridgehead atoms. The molecule has 33 heavy (non-hydrogen) atoms. The second kappa shape index (κ2) is 9.51. The van der Waals surface area contributed by atoms with Crippen LogP contribution in [0.3, 0.4) is 0 Å². The Morgan fingerprint density at radius 1 is 0.939 bits per heavy atom. The molecule has 2 aliphatic rings. The van der Waals surface area contributed by atoms with Gasteiger partial charge >= 0.3 is 0 Å². The zero-order valence-electron chi connectivity index (χ0n) is 18.2. The molecule has 2 heterocycles. The Labute approximate surface area is 208 Å². The van der Waals surface area contributed by atoms with E-state index >= 15 is 0 Å². The topological polar surface area (TPSA) is 44.7 Å². The molecule has 0 atom stereocenters. The predicted octanol–water partition coefficient (Wildman–Crippen LogP) is 7.07. The molecule has 0 saturated carbocycles. The molecule has 0 radical (unpaired) electrons. The molecule has 0 unspecified atom stereocenters. The normalized spacial score (nSPS) is 15.8. The SMILES string of the molecule is Cc1ccc2c(c1)Sc1ccc(C(=O)NN3CCCCC3)cc1N=C2c1ccc(Cl)cc1Cl. The Bertz CT molecular complexity index is 1270. The van der Waals surface area contributed by atoms with Gasteiger partial charge in [0.1, 0.15) is 0 Å². The predicted molar refractivity (Wildman–Crippen MR) is 136 cm³/mol. The van der Waals surface area contributed by atoms with Crippen LogP contribution >= 0.6 is 35.0 Å². The first-order chi connectivity index (χ1) is 16.0. The maximum absolute atomic E-state index is 12.9. The second-order valence-electron chi connectivity index (χ2n) is 8.36. The van der Waals surface area contributed by atoms with E-state index in [0.717, 1.165) is 58.2 Å². The Hall–Kier alpha value is -2.31. The average molecular weight is 496 g/mol. The number of carbonyl (C=O) groups excluding carboxylic acids is 1. The maximum atomic E-state index is 12.9. The minimum atomic E-state index is -0.108. The molecule has 4 nitrogen and oxygen atoms in total. The third-order valence-corrected chi connectivity index (χ3v) is 7.54. The second-order valence-corrected chi connectivity index (χ2v) is 10.3. The summed E-state index contributed by atoms with van der Waals surface area (Å²) in [7, 11) is 0. The smallest absolute Gasteiger partial charge is 0.265 e. The summed E-state index contributed by atoms with van der Waals surface area (Å²) in [6, 6.07) is 17.5. The van der Waals surface area contributed by atoms with E-state index in [9.17, 15) is 4.79 Å². The Balaban J connectivity index is 1.58. The summed E-state index contributed by atoms with van der Waals surface area (Å²) in [6.07, 6.45) is 3.43. The first-order valence-corrected chi connectivity index (χ1v) is 12.6. The van der Waals surface area contributed by atoms with E-state index in [0.29, 0.717) is 15.6 Å². The number of aliphatic imine (C=N–C) groups is 1. The van der Waals surface area contributed by atoms with Crippen molar-refractivity contribution < 1.29 is 4.79 Å². The number of benzene rings is 3. The Kier molecular flexibility index (Phi) is 6.48. The van der Waals surface area contributed by atoms with Gasteiger partial charge in [-0.25, -0.2) is 10.0 Å². The summed E-state index contributed by atoms with van der Waals surface area (Å²) in [4.78, 5) is 20.1. The fourth-order valence-corrected chi connectivity index (χ4v) is 5.74. The van der Waals surface area contributed by atoms with Crippen LogP contribution in [0.25, 0.3) is 0 Å². The summed E-state index contributed by atoms with van der Waals surface area (Å²) >= 11 is 14.4. The van der Waals surface area contributed by atoms with Crippen LogP contribution in [0.15, 0.2) is 69.4 Å². The molecule has 0 aliphatic carbocycles. The minimum Gasteiger partial charge on any atom is -0.285 e. The lowest BCUT2D eigenvalue weighted by Gasteiger charge is -2.26. The molecule has 0 aromatic heterocycles.